The monoisotopic (exact) mass is 264 g/mol. The Kier molecular flexibility index (Phi) is 3.29. The largest absolute Gasteiger partial charge is 0.366 e. The smallest absolute Gasteiger partial charge is 0.271 e. The first kappa shape index (κ1) is 12.1. The van der Waals surface area contributed by atoms with Gasteiger partial charge in [-0.05, 0) is 18.2 Å². The summed E-state index contributed by atoms with van der Waals surface area (Å²) in [6, 6.07) is 6.48. The van der Waals surface area contributed by atoms with Crippen LogP contribution in [0, 0.1) is 0 Å². The number of nitrogens with zero attached hydrogens (tertiary/aromatic N) is 1. The Morgan fingerprint density at radius 3 is 2.94 bits per heavy atom. The maximum absolute atomic E-state index is 11.3. The number of aromatic nitrogens is 2. The second-order valence-corrected chi connectivity index (χ2v) is 3.84. The van der Waals surface area contributed by atoms with Crippen molar-refractivity contribution in [3.63, 3.8) is 0 Å². The number of amides is 1. The van der Waals surface area contributed by atoms with E-state index in [1.165, 1.54) is 6.33 Å². The van der Waals surface area contributed by atoms with Crippen molar-refractivity contribution in [2.75, 3.05) is 5.32 Å². The van der Waals surface area contributed by atoms with Crippen molar-refractivity contribution in [3.8, 4) is 0 Å². The molecule has 1 aromatic carbocycles. The molecule has 0 aliphatic carbocycles. The average Bonchev–Trinajstić information content (AvgIpc) is 2.35. The lowest BCUT2D eigenvalue weighted by atomic mass is 10.2. The second-order valence-electron chi connectivity index (χ2n) is 3.46. The van der Waals surface area contributed by atoms with E-state index in [4.69, 9.17) is 17.3 Å². The van der Waals surface area contributed by atoms with Crippen molar-refractivity contribution in [1.29, 1.82) is 0 Å². The van der Waals surface area contributed by atoms with Gasteiger partial charge in [0.15, 0.2) is 5.82 Å². The van der Waals surface area contributed by atoms with E-state index in [-0.39, 0.29) is 10.8 Å². The molecule has 0 bridgehead atoms. The van der Waals surface area contributed by atoms with E-state index in [1.807, 2.05) is 0 Å². The Hall–Kier alpha value is -2.34. The summed E-state index contributed by atoms with van der Waals surface area (Å²) in [6.45, 7) is 0. The van der Waals surface area contributed by atoms with Crippen LogP contribution in [-0.4, -0.2) is 15.9 Å². The van der Waals surface area contributed by atoms with Gasteiger partial charge in [-0.15, -0.1) is 0 Å². The van der Waals surface area contributed by atoms with Crippen LogP contribution in [0.15, 0.2) is 35.4 Å². The van der Waals surface area contributed by atoms with Crippen LogP contribution in [-0.2, 0) is 0 Å². The highest BCUT2D eigenvalue weighted by molar-refractivity contribution is 6.32. The Morgan fingerprint density at radius 1 is 1.44 bits per heavy atom. The first-order valence-corrected chi connectivity index (χ1v) is 5.36. The molecular formula is C11H9ClN4O2. The molecule has 1 aromatic heterocycles. The van der Waals surface area contributed by atoms with Crippen molar-refractivity contribution in [2.45, 2.75) is 0 Å². The van der Waals surface area contributed by atoms with Gasteiger partial charge in [-0.25, -0.2) is 4.98 Å². The van der Waals surface area contributed by atoms with E-state index in [1.54, 1.807) is 24.3 Å². The van der Waals surface area contributed by atoms with Crippen LogP contribution in [0.2, 0.25) is 5.02 Å². The lowest BCUT2D eigenvalue weighted by Gasteiger charge is -2.07. The van der Waals surface area contributed by atoms with Gasteiger partial charge < -0.3 is 16.0 Å². The van der Waals surface area contributed by atoms with E-state index in [0.29, 0.717) is 11.3 Å². The minimum atomic E-state index is -0.538. The van der Waals surface area contributed by atoms with Crippen molar-refractivity contribution >= 4 is 29.0 Å². The lowest BCUT2D eigenvalue weighted by Crippen LogP contribution is -2.12. The SMILES string of the molecule is NC(=O)c1cccc(Nc2nc[nH]c(=O)c2Cl)c1. The standard InChI is InChI=1S/C11H9ClN4O2/c12-8-10(14-5-15-11(8)18)16-7-3-1-2-6(4-7)9(13)17/h1-5H,(H2,13,17)(H2,14,15,16,18). The molecule has 0 aliphatic rings. The molecule has 7 heteroatoms. The molecular weight excluding hydrogens is 256 g/mol. The Bertz CT molecular complexity index is 653. The van der Waals surface area contributed by atoms with Crippen LogP contribution in [0.5, 0.6) is 0 Å². The number of hydrogen-bond acceptors (Lipinski definition) is 4. The van der Waals surface area contributed by atoms with Gasteiger partial charge in [-0.1, -0.05) is 17.7 Å². The minimum absolute atomic E-state index is 0.0537. The fourth-order valence-electron chi connectivity index (χ4n) is 1.36. The molecule has 2 rings (SSSR count). The Balaban J connectivity index is 2.34. The van der Waals surface area contributed by atoms with Crippen LogP contribution >= 0.6 is 11.6 Å². The molecule has 1 amide bonds. The summed E-state index contributed by atoms with van der Waals surface area (Å²) < 4.78 is 0. The van der Waals surface area contributed by atoms with Crippen molar-refractivity contribution in [2.24, 2.45) is 5.73 Å². The quantitative estimate of drug-likeness (QED) is 0.777. The number of carbonyl (C=O) groups is 1. The number of H-pyrrole nitrogens is 1. The van der Waals surface area contributed by atoms with Gasteiger partial charge in [-0.3, -0.25) is 9.59 Å². The van der Waals surface area contributed by atoms with Gasteiger partial charge in [0, 0.05) is 11.3 Å². The molecule has 0 unspecified atom stereocenters. The average molecular weight is 265 g/mol. The van der Waals surface area contributed by atoms with E-state index >= 15 is 0 Å². The van der Waals surface area contributed by atoms with E-state index in [9.17, 15) is 9.59 Å². The fraction of sp³-hybridized carbons (Fsp3) is 0. The summed E-state index contributed by atoms with van der Waals surface area (Å²) in [6.07, 6.45) is 1.23. The zero-order valence-corrected chi connectivity index (χ0v) is 9.86. The molecule has 6 nitrogen and oxygen atoms in total. The van der Waals surface area contributed by atoms with Crippen LogP contribution in [0.25, 0.3) is 0 Å². The molecule has 0 spiro atoms. The number of rotatable bonds is 3. The predicted molar refractivity (Wildman–Crippen MR) is 68.1 cm³/mol. The lowest BCUT2D eigenvalue weighted by molar-refractivity contribution is 0.100. The Labute approximate surface area is 107 Å². The normalized spacial score (nSPS) is 10.1. The summed E-state index contributed by atoms with van der Waals surface area (Å²) in [4.78, 5) is 28.5. The van der Waals surface area contributed by atoms with Crippen molar-refractivity contribution in [3.05, 3.63) is 51.5 Å². The van der Waals surface area contributed by atoms with Gasteiger partial charge in [0.2, 0.25) is 5.91 Å². The van der Waals surface area contributed by atoms with Gasteiger partial charge in [-0.2, -0.15) is 0 Å². The molecule has 0 atom stereocenters. The van der Waals surface area contributed by atoms with E-state index in [2.05, 4.69) is 15.3 Å². The summed E-state index contributed by atoms with van der Waals surface area (Å²) in [5.74, 6) is -0.328. The van der Waals surface area contributed by atoms with Gasteiger partial charge in [0.25, 0.3) is 5.56 Å². The van der Waals surface area contributed by atoms with Crippen LogP contribution < -0.4 is 16.6 Å². The summed E-state index contributed by atoms with van der Waals surface area (Å²) in [5.41, 5.74) is 5.63. The molecule has 0 radical (unpaired) electrons. The third-order valence-corrected chi connectivity index (χ3v) is 2.56. The van der Waals surface area contributed by atoms with Gasteiger partial charge in [0.05, 0.1) is 6.33 Å². The number of nitrogens with one attached hydrogen (secondary N) is 2. The number of nitrogens with two attached hydrogens (primary N) is 1. The number of anilines is 2. The van der Waals surface area contributed by atoms with Gasteiger partial charge >= 0.3 is 0 Å². The highest BCUT2D eigenvalue weighted by Gasteiger charge is 2.07. The highest BCUT2D eigenvalue weighted by atomic mass is 35.5. The third-order valence-electron chi connectivity index (χ3n) is 2.21. The van der Waals surface area contributed by atoms with Crippen molar-refractivity contribution in [1.82, 2.24) is 9.97 Å². The third kappa shape index (κ3) is 2.49. The maximum Gasteiger partial charge on any atom is 0.271 e. The molecule has 2 aromatic rings. The maximum atomic E-state index is 11.3. The summed E-state index contributed by atoms with van der Waals surface area (Å²) in [7, 11) is 0. The fourth-order valence-corrected chi connectivity index (χ4v) is 1.51. The second kappa shape index (κ2) is 4.89. The van der Waals surface area contributed by atoms with Gasteiger partial charge in [0.1, 0.15) is 5.02 Å². The topological polar surface area (TPSA) is 101 Å². The van der Waals surface area contributed by atoms with Crippen LogP contribution in [0.4, 0.5) is 11.5 Å². The molecule has 92 valence electrons. The molecule has 18 heavy (non-hydrogen) atoms. The van der Waals surface area contributed by atoms with E-state index in [0.717, 1.165) is 0 Å². The van der Waals surface area contributed by atoms with Crippen LogP contribution in [0.1, 0.15) is 10.4 Å². The minimum Gasteiger partial charge on any atom is -0.366 e. The molecule has 1 heterocycles. The summed E-state index contributed by atoms with van der Waals surface area (Å²) >= 11 is 5.79. The molecule has 0 saturated carbocycles. The zero-order chi connectivity index (χ0) is 13.1. The number of benzene rings is 1. The number of halogens is 1. The molecule has 0 aliphatic heterocycles. The van der Waals surface area contributed by atoms with E-state index < -0.39 is 11.5 Å². The Morgan fingerprint density at radius 2 is 2.22 bits per heavy atom. The number of carbonyl (C=O) groups excluding carboxylic acids is 1. The number of hydrogen-bond donors (Lipinski definition) is 3. The predicted octanol–water partition coefficient (Wildman–Crippen LogP) is 1.27. The summed E-state index contributed by atoms with van der Waals surface area (Å²) in [5, 5.41) is 2.78. The molecule has 4 N–H and O–H groups in total. The number of aromatic amines is 1. The van der Waals surface area contributed by atoms with Crippen LogP contribution in [0.3, 0.4) is 0 Å². The van der Waals surface area contributed by atoms with Crippen molar-refractivity contribution < 1.29 is 4.79 Å². The highest BCUT2D eigenvalue weighted by Crippen LogP contribution is 2.19. The molecule has 0 saturated heterocycles. The first-order chi connectivity index (χ1) is 8.58. The first-order valence-electron chi connectivity index (χ1n) is 4.98. The number of primary amides is 1. The molecule has 0 fully saturated rings. The zero-order valence-electron chi connectivity index (χ0n) is 9.11.